The van der Waals surface area contributed by atoms with Gasteiger partial charge in [0.2, 0.25) is 0 Å². The van der Waals surface area contributed by atoms with E-state index in [0.29, 0.717) is 38.7 Å². The minimum absolute atomic E-state index is 0.113. The van der Waals surface area contributed by atoms with Gasteiger partial charge in [-0.1, -0.05) is 44.5 Å². The first-order chi connectivity index (χ1) is 14.6. The summed E-state index contributed by atoms with van der Waals surface area (Å²) in [5, 5.41) is 0.871. The number of anilines is 1. The number of rotatable bonds is 4. The van der Waals surface area contributed by atoms with E-state index in [0.717, 1.165) is 14.2 Å². The summed E-state index contributed by atoms with van der Waals surface area (Å²) in [6, 6.07) is 13.3. The Morgan fingerprint density at radius 3 is 2.06 bits per heavy atom. The highest BCUT2D eigenvalue weighted by molar-refractivity contribution is 9.11. The van der Waals surface area contributed by atoms with Crippen LogP contribution in [0.2, 0.25) is 5.02 Å². The van der Waals surface area contributed by atoms with Gasteiger partial charge in [-0.15, -0.1) is 11.3 Å². The van der Waals surface area contributed by atoms with Gasteiger partial charge in [-0.2, -0.15) is 0 Å². The minimum atomic E-state index is -0.415. The minimum Gasteiger partial charge on any atom is -0.288 e. The fourth-order valence-electron chi connectivity index (χ4n) is 3.62. The van der Waals surface area contributed by atoms with Gasteiger partial charge in [0.05, 0.1) is 20.5 Å². The molecule has 2 heterocycles. The first-order valence-corrected chi connectivity index (χ1v) is 11.7. The van der Waals surface area contributed by atoms with E-state index < -0.39 is 11.8 Å². The number of carbonyl (C=O) groups is 3. The Balaban J connectivity index is 1.90. The van der Waals surface area contributed by atoms with Gasteiger partial charge < -0.3 is 0 Å². The number of ketones is 1. The number of fused-ring (bicyclic) bond motifs is 1. The van der Waals surface area contributed by atoms with E-state index in [1.54, 1.807) is 48.5 Å². The Morgan fingerprint density at radius 1 is 1.00 bits per heavy atom. The standard InChI is InChI=1S/C24H19BrClNO3S/c1-24(2,3)12-17-18(19(28)13-8-10-14(26)11-9-13)23(31-20(17)25)27-21(29)15-6-4-5-7-16(15)22(27)30/h4-11H,12H2,1-3H3. The van der Waals surface area contributed by atoms with Crippen LogP contribution >= 0.6 is 38.9 Å². The molecule has 31 heavy (non-hydrogen) atoms. The number of carbonyl (C=O) groups excluding carboxylic acids is 3. The van der Waals surface area contributed by atoms with Gasteiger partial charge in [0, 0.05) is 10.6 Å². The summed E-state index contributed by atoms with van der Waals surface area (Å²) < 4.78 is 0.742. The van der Waals surface area contributed by atoms with Crippen LogP contribution in [-0.4, -0.2) is 17.6 Å². The first-order valence-electron chi connectivity index (χ1n) is 9.68. The van der Waals surface area contributed by atoms with Gasteiger partial charge in [-0.3, -0.25) is 14.4 Å². The normalized spacial score (nSPS) is 13.6. The lowest BCUT2D eigenvalue weighted by Gasteiger charge is -2.20. The molecular formula is C24H19BrClNO3S. The molecule has 1 aromatic heterocycles. The van der Waals surface area contributed by atoms with E-state index in [-0.39, 0.29) is 11.2 Å². The maximum absolute atomic E-state index is 13.6. The number of thiophene rings is 1. The lowest BCUT2D eigenvalue weighted by molar-refractivity contribution is 0.0927. The molecule has 0 bridgehead atoms. The van der Waals surface area contributed by atoms with Crippen LogP contribution in [-0.2, 0) is 6.42 Å². The van der Waals surface area contributed by atoms with Gasteiger partial charge in [0.15, 0.2) is 5.78 Å². The summed E-state index contributed by atoms with van der Waals surface area (Å²) in [5.74, 6) is -1.08. The lowest BCUT2D eigenvalue weighted by Crippen LogP contribution is -2.30. The zero-order valence-corrected chi connectivity index (χ0v) is 20.3. The van der Waals surface area contributed by atoms with E-state index in [1.165, 1.54) is 11.3 Å². The summed E-state index contributed by atoms with van der Waals surface area (Å²) >= 11 is 10.8. The van der Waals surface area contributed by atoms with Crippen LogP contribution in [0.3, 0.4) is 0 Å². The predicted molar refractivity (Wildman–Crippen MR) is 128 cm³/mol. The number of hydrogen-bond donors (Lipinski definition) is 0. The molecule has 0 fully saturated rings. The average Bonchev–Trinajstić information content (AvgIpc) is 3.15. The third-order valence-electron chi connectivity index (χ3n) is 4.98. The molecule has 2 amide bonds. The molecule has 0 radical (unpaired) electrons. The first kappa shape index (κ1) is 21.9. The molecule has 158 valence electrons. The van der Waals surface area contributed by atoms with Crippen LogP contribution in [0.15, 0.2) is 52.3 Å². The fraction of sp³-hybridized carbons (Fsp3) is 0.208. The van der Waals surface area contributed by atoms with E-state index in [2.05, 4.69) is 36.7 Å². The molecule has 0 saturated heterocycles. The smallest absolute Gasteiger partial charge is 0.266 e. The Morgan fingerprint density at radius 2 is 1.55 bits per heavy atom. The Kier molecular flexibility index (Phi) is 5.66. The third-order valence-corrected chi connectivity index (χ3v) is 7.20. The van der Waals surface area contributed by atoms with Gasteiger partial charge >= 0.3 is 0 Å². The fourth-order valence-corrected chi connectivity index (χ4v) is 5.59. The van der Waals surface area contributed by atoms with Crippen molar-refractivity contribution in [2.24, 2.45) is 5.41 Å². The third kappa shape index (κ3) is 4.00. The second-order valence-electron chi connectivity index (χ2n) is 8.60. The summed E-state index contributed by atoms with van der Waals surface area (Å²) in [4.78, 5) is 41.0. The summed E-state index contributed by atoms with van der Waals surface area (Å²) in [7, 11) is 0. The summed E-state index contributed by atoms with van der Waals surface area (Å²) in [6.45, 7) is 6.24. The van der Waals surface area contributed by atoms with Crippen molar-refractivity contribution in [2.75, 3.05) is 4.90 Å². The molecule has 1 aliphatic rings. The number of imide groups is 1. The molecule has 4 nitrogen and oxygen atoms in total. The highest BCUT2D eigenvalue weighted by atomic mass is 79.9. The summed E-state index contributed by atoms with van der Waals surface area (Å²) in [6.07, 6.45) is 0.599. The topological polar surface area (TPSA) is 54.5 Å². The molecule has 0 unspecified atom stereocenters. The Labute approximate surface area is 198 Å². The van der Waals surface area contributed by atoms with Crippen molar-refractivity contribution in [3.05, 3.63) is 85.2 Å². The average molecular weight is 517 g/mol. The molecule has 3 aromatic rings. The van der Waals surface area contributed by atoms with Gasteiger partial charge in [-0.25, -0.2) is 4.90 Å². The van der Waals surface area contributed by atoms with Crippen molar-refractivity contribution >= 4 is 61.5 Å². The van der Waals surface area contributed by atoms with E-state index >= 15 is 0 Å². The zero-order chi connectivity index (χ0) is 22.5. The SMILES string of the molecule is CC(C)(C)Cc1c(Br)sc(N2C(=O)c3ccccc3C2=O)c1C(=O)c1ccc(Cl)cc1. The van der Waals surface area contributed by atoms with Gasteiger partial charge in [0.1, 0.15) is 5.00 Å². The van der Waals surface area contributed by atoms with Gasteiger partial charge in [0.25, 0.3) is 11.8 Å². The maximum Gasteiger partial charge on any atom is 0.266 e. The number of nitrogens with zero attached hydrogens (tertiary/aromatic N) is 1. The summed E-state index contributed by atoms with van der Waals surface area (Å²) in [5.41, 5.74) is 2.20. The van der Waals surface area contributed by atoms with Crippen LogP contribution in [0, 0.1) is 5.41 Å². The van der Waals surface area contributed by atoms with E-state index in [9.17, 15) is 14.4 Å². The molecule has 0 saturated carbocycles. The van der Waals surface area contributed by atoms with Crippen LogP contribution in [0.1, 0.15) is 63.0 Å². The largest absolute Gasteiger partial charge is 0.288 e. The molecule has 0 atom stereocenters. The van der Waals surface area contributed by atoms with Crippen molar-refractivity contribution in [1.82, 2.24) is 0 Å². The molecular weight excluding hydrogens is 498 g/mol. The predicted octanol–water partition coefficient (Wildman–Crippen LogP) is 6.78. The van der Waals surface area contributed by atoms with Gasteiger partial charge in [-0.05, 0) is 69.7 Å². The van der Waals surface area contributed by atoms with E-state index in [1.807, 2.05) is 0 Å². The monoisotopic (exact) mass is 515 g/mol. The number of amides is 2. The lowest BCUT2D eigenvalue weighted by atomic mass is 9.86. The molecule has 7 heteroatoms. The molecule has 0 N–H and O–H groups in total. The second-order valence-corrected chi connectivity index (χ2v) is 11.4. The Hall–Kier alpha value is -2.28. The van der Waals surface area contributed by atoms with Crippen molar-refractivity contribution in [3.8, 4) is 0 Å². The van der Waals surface area contributed by atoms with Crippen molar-refractivity contribution in [2.45, 2.75) is 27.2 Å². The quantitative estimate of drug-likeness (QED) is 0.283. The van der Waals surface area contributed by atoms with Crippen LogP contribution < -0.4 is 4.90 Å². The van der Waals surface area contributed by atoms with Crippen molar-refractivity contribution < 1.29 is 14.4 Å². The number of hydrogen-bond acceptors (Lipinski definition) is 4. The highest BCUT2D eigenvalue weighted by Gasteiger charge is 2.41. The van der Waals surface area contributed by atoms with Crippen molar-refractivity contribution in [3.63, 3.8) is 0 Å². The molecule has 0 spiro atoms. The molecule has 1 aliphatic heterocycles. The highest BCUT2D eigenvalue weighted by Crippen LogP contribution is 2.45. The number of halogens is 2. The molecule has 0 aliphatic carbocycles. The van der Waals surface area contributed by atoms with Crippen molar-refractivity contribution in [1.29, 1.82) is 0 Å². The van der Waals surface area contributed by atoms with Crippen LogP contribution in [0.5, 0.6) is 0 Å². The molecule has 4 rings (SSSR count). The van der Waals surface area contributed by atoms with E-state index in [4.69, 9.17) is 11.6 Å². The Bertz CT molecular complexity index is 1190. The second kappa shape index (κ2) is 8.01. The van der Waals surface area contributed by atoms with Crippen LogP contribution in [0.25, 0.3) is 0 Å². The molecule has 2 aromatic carbocycles. The van der Waals surface area contributed by atoms with Crippen LogP contribution in [0.4, 0.5) is 5.00 Å². The zero-order valence-electron chi connectivity index (χ0n) is 17.2. The maximum atomic E-state index is 13.6. The number of benzene rings is 2.